The van der Waals surface area contributed by atoms with Crippen LogP contribution >= 0.6 is 22.9 Å². The maximum Gasteiger partial charge on any atom is 0.349 e. The number of benzene rings is 2. The van der Waals surface area contributed by atoms with E-state index in [1.54, 1.807) is 31.2 Å². The van der Waals surface area contributed by atoms with Gasteiger partial charge in [0.1, 0.15) is 10.7 Å². The molecular formula is C20H16ClN3O3S. The van der Waals surface area contributed by atoms with Crippen LogP contribution in [0.2, 0.25) is 5.02 Å². The molecule has 0 aliphatic rings. The number of ether oxygens (including phenoxy) is 1. The zero-order valence-electron chi connectivity index (χ0n) is 15.2. The molecule has 142 valence electrons. The third kappa shape index (κ3) is 2.83. The molecular weight excluding hydrogens is 398 g/mol. The second-order valence-electron chi connectivity index (χ2n) is 6.20. The van der Waals surface area contributed by atoms with Crippen LogP contribution in [0.15, 0.2) is 36.4 Å². The predicted molar refractivity (Wildman–Crippen MR) is 111 cm³/mol. The number of aryl methyl sites for hydroxylation is 1. The van der Waals surface area contributed by atoms with E-state index in [4.69, 9.17) is 22.1 Å². The molecule has 0 fully saturated rings. The minimum atomic E-state index is -0.523. The lowest BCUT2D eigenvalue weighted by atomic mass is 10.1. The van der Waals surface area contributed by atoms with Crippen LogP contribution in [0.25, 0.3) is 32.5 Å². The van der Waals surface area contributed by atoms with Gasteiger partial charge in [0.2, 0.25) is 5.91 Å². The average molecular weight is 414 g/mol. The Kier molecular flexibility index (Phi) is 4.56. The number of carbonyl (C=O) groups excluding carboxylic acids is 2. The zero-order valence-corrected chi connectivity index (χ0v) is 16.7. The van der Waals surface area contributed by atoms with Crippen molar-refractivity contribution in [2.75, 3.05) is 6.61 Å². The van der Waals surface area contributed by atoms with Crippen LogP contribution in [-0.2, 0) is 11.8 Å². The van der Waals surface area contributed by atoms with Crippen molar-refractivity contribution in [3.63, 3.8) is 0 Å². The fraction of sp³-hybridized carbons (Fsp3) is 0.150. The van der Waals surface area contributed by atoms with Crippen molar-refractivity contribution in [3.05, 3.63) is 51.9 Å². The number of halogens is 1. The fourth-order valence-corrected chi connectivity index (χ4v) is 4.68. The lowest BCUT2D eigenvalue weighted by Crippen LogP contribution is -2.10. The van der Waals surface area contributed by atoms with Crippen LogP contribution in [0.1, 0.15) is 27.0 Å². The molecule has 6 nitrogen and oxygen atoms in total. The van der Waals surface area contributed by atoms with Crippen LogP contribution in [0, 0.1) is 0 Å². The molecule has 2 heterocycles. The third-order valence-electron chi connectivity index (χ3n) is 4.51. The molecule has 1 amide bonds. The average Bonchev–Trinajstić information content (AvgIpc) is 3.20. The molecule has 2 N–H and O–H groups in total. The number of hydrogen-bond donors (Lipinski definition) is 1. The van der Waals surface area contributed by atoms with Crippen molar-refractivity contribution in [2.24, 2.45) is 12.8 Å². The molecule has 0 radical (unpaired) electrons. The number of fused-ring (bicyclic) bond motifs is 2. The molecule has 0 bridgehead atoms. The summed E-state index contributed by atoms with van der Waals surface area (Å²) in [6.07, 6.45) is 0. The zero-order chi connectivity index (χ0) is 20.0. The summed E-state index contributed by atoms with van der Waals surface area (Å²) >= 11 is 7.80. The molecule has 0 saturated heterocycles. The Bertz CT molecular complexity index is 1260. The second-order valence-corrected chi connectivity index (χ2v) is 7.66. The van der Waals surface area contributed by atoms with Gasteiger partial charge in [-0.25, -0.2) is 9.78 Å². The van der Waals surface area contributed by atoms with Gasteiger partial charge < -0.3 is 15.0 Å². The number of imidazole rings is 1. The quantitative estimate of drug-likeness (QED) is 0.503. The predicted octanol–water partition coefficient (Wildman–Crippen LogP) is 4.38. The van der Waals surface area contributed by atoms with Gasteiger partial charge in [-0.3, -0.25) is 4.79 Å². The van der Waals surface area contributed by atoms with Gasteiger partial charge in [0.05, 0.1) is 28.2 Å². The monoisotopic (exact) mass is 413 g/mol. The van der Waals surface area contributed by atoms with Crippen molar-refractivity contribution in [1.82, 2.24) is 9.55 Å². The summed E-state index contributed by atoms with van der Waals surface area (Å²) in [5.74, 6) is -0.371. The van der Waals surface area contributed by atoms with E-state index in [1.807, 2.05) is 23.7 Å². The van der Waals surface area contributed by atoms with Crippen LogP contribution in [-0.4, -0.2) is 28.0 Å². The van der Waals surface area contributed by atoms with Gasteiger partial charge in [0.15, 0.2) is 0 Å². The number of amides is 1. The molecule has 28 heavy (non-hydrogen) atoms. The molecule has 4 aromatic rings. The van der Waals surface area contributed by atoms with E-state index in [-0.39, 0.29) is 6.61 Å². The van der Waals surface area contributed by atoms with Crippen molar-refractivity contribution in [1.29, 1.82) is 0 Å². The molecule has 0 aliphatic carbocycles. The molecule has 0 saturated carbocycles. The van der Waals surface area contributed by atoms with Gasteiger partial charge in [-0.2, -0.15) is 0 Å². The summed E-state index contributed by atoms with van der Waals surface area (Å²) in [6, 6.07) is 10.6. The Labute approximate surface area is 169 Å². The van der Waals surface area contributed by atoms with Gasteiger partial charge >= 0.3 is 5.97 Å². The van der Waals surface area contributed by atoms with Gasteiger partial charge in [-0.1, -0.05) is 17.7 Å². The maximum atomic E-state index is 12.6. The van der Waals surface area contributed by atoms with E-state index in [1.165, 1.54) is 11.3 Å². The number of nitrogens with zero attached hydrogens (tertiary/aromatic N) is 2. The number of hydrogen-bond acceptors (Lipinski definition) is 5. The Balaban J connectivity index is 2.05. The van der Waals surface area contributed by atoms with Crippen LogP contribution in [0.3, 0.4) is 0 Å². The molecule has 8 heteroatoms. The highest BCUT2D eigenvalue weighted by Gasteiger charge is 2.26. The molecule has 0 aliphatic heterocycles. The highest BCUT2D eigenvalue weighted by atomic mass is 35.5. The maximum absolute atomic E-state index is 12.6. The summed E-state index contributed by atoms with van der Waals surface area (Å²) in [5, 5.41) is 1.29. The first-order valence-corrected chi connectivity index (χ1v) is 9.76. The Morgan fingerprint density at radius 1 is 1.29 bits per heavy atom. The Hall–Kier alpha value is -2.90. The standard InChI is InChI=1S/C20H16ClN3O3S/c1-3-27-20(26)17-16(15-11(21)5-4-6-14(15)28-17)19-23-12-9-10(18(22)25)7-8-13(12)24(19)2/h4-9H,3H2,1-2H3,(H2,22,25). The molecule has 0 atom stereocenters. The van der Waals surface area contributed by atoms with E-state index in [0.717, 1.165) is 15.6 Å². The van der Waals surface area contributed by atoms with E-state index in [0.29, 0.717) is 32.4 Å². The lowest BCUT2D eigenvalue weighted by Gasteiger charge is -2.06. The number of carbonyl (C=O) groups is 2. The number of rotatable bonds is 4. The number of primary amides is 1. The summed E-state index contributed by atoms with van der Waals surface area (Å²) in [4.78, 5) is 29.3. The summed E-state index contributed by atoms with van der Waals surface area (Å²) in [5.41, 5.74) is 7.80. The Morgan fingerprint density at radius 3 is 2.79 bits per heavy atom. The summed E-state index contributed by atoms with van der Waals surface area (Å²) in [7, 11) is 1.85. The van der Waals surface area contributed by atoms with Crippen LogP contribution in [0.4, 0.5) is 0 Å². The summed E-state index contributed by atoms with van der Waals surface area (Å²) in [6.45, 7) is 2.03. The van der Waals surface area contributed by atoms with Crippen molar-refractivity contribution < 1.29 is 14.3 Å². The molecule has 2 aromatic heterocycles. The first-order chi connectivity index (χ1) is 13.4. The van der Waals surface area contributed by atoms with E-state index in [2.05, 4.69) is 4.98 Å². The minimum Gasteiger partial charge on any atom is -0.462 e. The largest absolute Gasteiger partial charge is 0.462 e. The van der Waals surface area contributed by atoms with E-state index >= 15 is 0 Å². The highest BCUT2D eigenvalue weighted by molar-refractivity contribution is 7.21. The molecule has 0 spiro atoms. The molecule has 4 rings (SSSR count). The van der Waals surface area contributed by atoms with E-state index in [9.17, 15) is 9.59 Å². The molecule has 2 aromatic carbocycles. The Morgan fingerprint density at radius 2 is 2.07 bits per heavy atom. The van der Waals surface area contributed by atoms with Crippen molar-refractivity contribution in [3.8, 4) is 11.4 Å². The SMILES string of the molecule is CCOC(=O)c1sc2cccc(Cl)c2c1-c1nc2cc(C(N)=O)ccc2n1C. The van der Waals surface area contributed by atoms with Crippen molar-refractivity contribution >= 4 is 55.9 Å². The minimum absolute atomic E-state index is 0.269. The first-order valence-electron chi connectivity index (χ1n) is 8.57. The second kappa shape index (κ2) is 6.92. The van der Waals surface area contributed by atoms with Gasteiger partial charge in [-0.15, -0.1) is 11.3 Å². The smallest absolute Gasteiger partial charge is 0.349 e. The number of aromatic nitrogens is 2. The topological polar surface area (TPSA) is 87.2 Å². The number of esters is 1. The van der Waals surface area contributed by atoms with Gasteiger partial charge in [0, 0.05) is 22.7 Å². The highest BCUT2D eigenvalue weighted by Crippen LogP contribution is 2.42. The van der Waals surface area contributed by atoms with Crippen LogP contribution in [0.5, 0.6) is 0 Å². The van der Waals surface area contributed by atoms with Crippen molar-refractivity contribution in [2.45, 2.75) is 6.92 Å². The number of nitrogens with two attached hydrogens (primary N) is 1. The normalized spacial score (nSPS) is 11.2. The summed E-state index contributed by atoms with van der Waals surface area (Å²) < 4.78 is 7.99. The first kappa shape index (κ1) is 18.5. The number of thiophene rings is 1. The third-order valence-corrected chi connectivity index (χ3v) is 5.96. The molecule has 0 unspecified atom stereocenters. The van der Waals surface area contributed by atoms with Gasteiger partial charge in [-0.05, 0) is 37.3 Å². The van der Waals surface area contributed by atoms with E-state index < -0.39 is 11.9 Å². The lowest BCUT2D eigenvalue weighted by molar-refractivity contribution is 0.0532. The van der Waals surface area contributed by atoms with Crippen LogP contribution < -0.4 is 5.73 Å². The fourth-order valence-electron chi connectivity index (χ4n) is 3.24. The van der Waals surface area contributed by atoms with Gasteiger partial charge in [0.25, 0.3) is 0 Å².